The van der Waals surface area contributed by atoms with Crippen LogP contribution in [0.3, 0.4) is 0 Å². The number of carbonyl (C=O) groups is 3. The fraction of sp³-hybridized carbons (Fsp3) is 0.500. The Balaban J connectivity index is 3.11. The van der Waals surface area contributed by atoms with Gasteiger partial charge in [0.25, 0.3) is 6.47 Å². The molecule has 1 N–H and O–H groups in total. The molecule has 0 saturated heterocycles. The van der Waals surface area contributed by atoms with E-state index in [1.165, 1.54) is 7.11 Å². The van der Waals surface area contributed by atoms with E-state index in [0.717, 1.165) is 0 Å². The van der Waals surface area contributed by atoms with Crippen LogP contribution in [0, 0.1) is 5.92 Å². The highest BCUT2D eigenvalue weighted by Crippen LogP contribution is 2.28. The molecule has 7 nitrogen and oxygen atoms in total. The molecule has 1 aliphatic rings. The van der Waals surface area contributed by atoms with Crippen LogP contribution in [0.2, 0.25) is 0 Å². The minimum absolute atomic E-state index is 0.0669. The number of ether oxygens (including phenoxy) is 2. The lowest BCUT2D eigenvalue weighted by molar-refractivity contribution is -0.154. The normalized spacial score (nSPS) is 20.4. The third-order valence-electron chi connectivity index (χ3n) is 2.96. The largest absolute Gasteiger partial charge is 0.478 e. The van der Waals surface area contributed by atoms with E-state index < -0.39 is 24.0 Å². The summed E-state index contributed by atoms with van der Waals surface area (Å²) >= 11 is 0. The lowest BCUT2D eigenvalue weighted by Crippen LogP contribution is -2.33. The number of hydrogen-bond acceptors (Lipinski definition) is 6. The van der Waals surface area contributed by atoms with Gasteiger partial charge in [-0.1, -0.05) is 0 Å². The molecule has 0 fully saturated rings. The summed E-state index contributed by atoms with van der Waals surface area (Å²) in [4.78, 5) is 37.2. The zero-order chi connectivity index (χ0) is 14.6. The SMILES string of the molecule is COC(=O)C1CC(C(OC=O)C(=O)O)=C(C)N=C1C. The van der Waals surface area contributed by atoms with Gasteiger partial charge in [-0.3, -0.25) is 14.6 Å². The van der Waals surface area contributed by atoms with Crippen molar-refractivity contribution in [3.05, 3.63) is 11.3 Å². The van der Waals surface area contributed by atoms with Gasteiger partial charge >= 0.3 is 11.9 Å². The quantitative estimate of drug-likeness (QED) is 0.577. The number of allylic oxidation sites excluding steroid dienone is 1. The van der Waals surface area contributed by atoms with Gasteiger partial charge in [0.1, 0.15) is 0 Å². The highest BCUT2D eigenvalue weighted by Gasteiger charge is 2.35. The summed E-state index contributed by atoms with van der Waals surface area (Å²) in [5.74, 6) is -2.46. The van der Waals surface area contributed by atoms with Crippen molar-refractivity contribution in [2.24, 2.45) is 10.9 Å². The Kier molecular flexibility index (Phi) is 4.80. The molecule has 0 aromatic carbocycles. The number of esters is 1. The molecule has 0 aromatic rings. The molecule has 1 rings (SSSR count). The van der Waals surface area contributed by atoms with E-state index in [2.05, 4.69) is 14.5 Å². The molecule has 0 aromatic heterocycles. The zero-order valence-corrected chi connectivity index (χ0v) is 10.9. The number of aliphatic imine (C=N–C) groups is 1. The molecule has 0 amide bonds. The van der Waals surface area contributed by atoms with Crippen LogP contribution in [0.5, 0.6) is 0 Å². The van der Waals surface area contributed by atoms with Gasteiger partial charge in [0, 0.05) is 17.0 Å². The van der Waals surface area contributed by atoms with Gasteiger partial charge in [0.05, 0.1) is 13.0 Å². The van der Waals surface area contributed by atoms with Crippen LogP contribution in [0.25, 0.3) is 0 Å². The molecule has 2 atom stereocenters. The van der Waals surface area contributed by atoms with Crippen LogP contribution in [0.4, 0.5) is 0 Å². The maximum absolute atomic E-state index is 11.6. The first kappa shape index (κ1) is 14.9. The molecule has 0 aliphatic carbocycles. The molecule has 0 radical (unpaired) electrons. The van der Waals surface area contributed by atoms with Crippen molar-refractivity contribution in [3.8, 4) is 0 Å². The first-order chi connectivity index (χ1) is 8.92. The van der Waals surface area contributed by atoms with E-state index in [4.69, 9.17) is 5.11 Å². The Morgan fingerprint density at radius 1 is 1.47 bits per heavy atom. The molecule has 1 heterocycles. The molecule has 19 heavy (non-hydrogen) atoms. The molecule has 2 unspecified atom stereocenters. The third kappa shape index (κ3) is 3.18. The average Bonchev–Trinajstić information content (AvgIpc) is 2.35. The number of carboxylic acids is 1. The third-order valence-corrected chi connectivity index (χ3v) is 2.96. The molecular weight excluding hydrogens is 254 g/mol. The summed E-state index contributed by atoms with van der Waals surface area (Å²) < 4.78 is 9.19. The number of carboxylic acid groups (broad SMARTS) is 1. The molecule has 0 spiro atoms. The monoisotopic (exact) mass is 269 g/mol. The van der Waals surface area contributed by atoms with Gasteiger partial charge in [-0.05, 0) is 20.3 Å². The van der Waals surface area contributed by atoms with Crippen LogP contribution >= 0.6 is 0 Å². The number of hydrogen-bond donors (Lipinski definition) is 1. The predicted octanol–water partition coefficient (Wildman–Crippen LogP) is 0.540. The number of methoxy groups -OCH3 is 1. The first-order valence-corrected chi connectivity index (χ1v) is 5.57. The van der Waals surface area contributed by atoms with E-state index in [1.54, 1.807) is 13.8 Å². The minimum atomic E-state index is -1.43. The number of rotatable bonds is 5. The van der Waals surface area contributed by atoms with Crippen molar-refractivity contribution in [3.63, 3.8) is 0 Å². The van der Waals surface area contributed by atoms with Crippen LogP contribution < -0.4 is 0 Å². The Morgan fingerprint density at radius 2 is 2.11 bits per heavy atom. The van der Waals surface area contributed by atoms with Crippen LogP contribution in [0.1, 0.15) is 20.3 Å². The number of nitrogens with zero attached hydrogens (tertiary/aromatic N) is 1. The summed E-state index contributed by atoms with van der Waals surface area (Å²) in [5, 5.41) is 9.04. The minimum Gasteiger partial charge on any atom is -0.478 e. The van der Waals surface area contributed by atoms with Gasteiger partial charge in [-0.15, -0.1) is 0 Å². The lowest BCUT2D eigenvalue weighted by Gasteiger charge is -2.25. The Morgan fingerprint density at radius 3 is 2.58 bits per heavy atom. The highest BCUT2D eigenvalue weighted by molar-refractivity contribution is 6.02. The summed E-state index contributed by atoms with van der Waals surface area (Å²) in [7, 11) is 1.25. The fourth-order valence-corrected chi connectivity index (χ4v) is 1.97. The molecule has 1 aliphatic heterocycles. The van der Waals surface area contributed by atoms with Crippen molar-refractivity contribution >= 4 is 24.1 Å². The van der Waals surface area contributed by atoms with Crippen LogP contribution in [-0.4, -0.2) is 42.4 Å². The van der Waals surface area contributed by atoms with E-state index in [-0.39, 0.29) is 12.9 Å². The fourth-order valence-electron chi connectivity index (χ4n) is 1.97. The molecule has 7 heteroatoms. The standard InChI is InChI=1S/C12H15NO6/c1-6-8(10(11(15)16)19-5-14)4-9(7(2)13-6)12(17)18-3/h5,9-10H,4H2,1-3H3,(H,15,16). The highest BCUT2D eigenvalue weighted by atomic mass is 16.5. The lowest BCUT2D eigenvalue weighted by atomic mass is 9.88. The van der Waals surface area contributed by atoms with Crippen molar-refractivity contribution in [1.29, 1.82) is 0 Å². The van der Waals surface area contributed by atoms with E-state index in [9.17, 15) is 14.4 Å². The zero-order valence-electron chi connectivity index (χ0n) is 10.9. The second-order valence-corrected chi connectivity index (χ2v) is 4.09. The Bertz CT molecular complexity index is 465. The number of aliphatic carboxylic acids is 1. The summed E-state index contributed by atoms with van der Waals surface area (Å²) in [6.07, 6.45) is -1.32. The molecule has 0 saturated carbocycles. The Hall–Kier alpha value is -2.18. The van der Waals surface area contributed by atoms with Crippen molar-refractivity contribution < 1.29 is 29.0 Å². The van der Waals surface area contributed by atoms with Gasteiger partial charge in [-0.2, -0.15) is 0 Å². The molecule has 0 bridgehead atoms. The van der Waals surface area contributed by atoms with E-state index >= 15 is 0 Å². The van der Waals surface area contributed by atoms with Gasteiger partial charge in [0.2, 0.25) is 6.10 Å². The summed E-state index contributed by atoms with van der Waals surface area (Å²) in [6.45, 7) is 3.34. The van der Waals surface area contributed by atoms with Crippen molar-refractivity contribution in [2.45, 2.75) is 26.4 Å². The maximum atomic E-state index is 11.6. The summed E-state index contributed by atoms with van der Waals surface area (Å²) in [5.41, 5.74) is 1.27. The topological polar surface area (TPSA) is 102 Å². The van der Waals surface area contributed by atoms with Gasteiger partial charge < -0.3 is 14.6 Å². The van der Waals surface area contributed by atoms with Gasteiger partial charge in [0.15, 0.2) is 0 Å². The first-order valence-electron chi connectivity index (χ1n) is 5.57. The second kappa shape index (κ2) is 6.12. The van der Waals surface area contributed by atoms with Crippen molar-refractivity contribution in [1.82, 2.24) is 0 Å². The van der Waals surface area contributed by atoms with E-state index in [1.807, 2.05) is 0 Å². The van der Waals surface area contributed by atoms with Crippen LogP contribution in [0.15, 0.2) is 16.3 Å². The second-order valence-electron chi connectivity index (χ2n) is 4.09. The Labute approximate surface area is 109 Å². The smallest absolute Gasteiger partial charge is 0.349 e. The molecule has 104 valence electrons. The van der Waals surface area contributed by atoms with Crippen LogP contribution in [-0.2, 0) is 23.9 Å². The molecular formula is C12H15NO6. The predicted molar refractivity (Wildman–Crippen MR) is 64.5 cm³/mol. The van der Waals surface area contributed by atoms with E-state index in [0.29, 0.717) is 17.0 Å². The number of carbonyl (C=O) groups excluding carboxylic acids is 2. The average molecular weight is 269 g/mol. The summed E-state index contributed by atoms with van der Waals surface area (Å²) in [6, 6.07) is 0. The van der Waals surface area contributed by atoms with Crippen molar-refractivity contribution in [2.75, 3.05) is 7.11 Å². The van der Waals surface area contributed by atoms with Gasteiger partial charge in [-0.25, -0.2) is 4.79 Å². The maximum Gasteiger partial charge on any atom is 0.349 e.